The zero-order valence-corrected chi connectivity index (χ0v) is 9.80. The third-order valence-corrected chi connectivity index (χ3v) is 2.42. The van der Waals surface area contributed by atoms with Crippen LogP contribution in [0.3, 0.4) is 0 Å². The van der Waals surface area contributed by atoms with Crippen LogP contribution in [0.4, 0.5) is 4.39 Å². The summed E-state index contributed by atoms with van der Waals surface area (Å²) in [6.45, 7) is 0.845. The number of rotatable bonds is 4. The van der Waals surface area contributed by atoms with E-state index in [4.69, 9.17) is 4.74 Å². The molecule has 3 nitrogen and oxygen atoms in total. The van der Waals surface area contributed by atoms with Crippen LogP contribution in [0.1, 0.15) is 10.4 Å². The van der Waals surface area contributed by atoms with E-state index in [1.54, 1.807) is 13.2 Å². The molecule has 0 bridgehead atoms. The third-order valence-electron chi connectivity index (χ3n) is 1.77. The van der Waals surface area contributed by atoms with Crippen LogP contribution in [0.2, 0.25) is 0 Å². The number of ether oxygens (including phenoxy) is 1. The molecule has 0 aromatic heterocycles. The highest BCUT2D eigenvalue weighted by atomic mass is 79.9. The van der Waals surface area contributed by atoms with Crippen LogP contribution < -0.4 is 5.32 Å². The summed E-state index contributed by atoms with van der Waals surface area (Å²) in [6.07, 6.45) is 0. The summed E-state index contributed by atoms with van der Waals surface area (Å²) in [7, 11) is 1.55. The largest absolute Gasteiger partial charge is 0.383 e. The van der Waals surface area contributed by atoms with Crippen molar-refractivity contribution < 1.29 is 13.9 Å². The van der Waals surface area contributed by atoms with Crippen molar-refractivity contribution in [3.8, 4) is 0 Å². The predicted octanol–water partition coefficient (Wildman–Crippen LogP) is 1.96. The average Bonchev–Trinajstić information content (AvgIpc) is 2.22. The van der Waals surface area contributed by atoms with E-state index in [1.165, 1.54) is 12.1 Å². The molecule has 82 valence electrons. The Morgan fingerprint density at radius 3 is 2.93 bits per heavy atom. The summed E-state index contributed by atoms with van der Waals surface area (Å²) in [5.74, 6) is -0.757. The highest BCUT2D eigenvalue weighted by molar-refractivity contribution is 9.10. The molecule has 0 saturated heterocycles. The summed E-state index contributed by atoms with van der Waals surface area (Å²) in [4.78, 5) is 11.4. The van der Waals surface area contributed by atoms with Crippen LogP contribution in [-0.2, 0) is 4.74 Å². The number of carbonyl (C=O) groups excluding carboxylic acids is 1. The first-order valence-electron chi connectivity index (χ1n) is 4.37. The molecule has 0 aliphatic rings. The van der Waals surface area contributed by atoms with Crippen molar-refractivity contribution >= 4 is 21.8 Å². The van der Waals surface area contributed by atoms with E-state index in [2.05, 4.69) is 21.2 Å². The fourth-order valence-electron chi connectivity index (χ4n) is 1.01. The topological polar surface area (TPSA) is 38.3 Å². The second-order valence-corrected chi connectivity index (χ2v) is 3.73. The Morgan fingerprint density at radius 1 is 1.60 bits per heavy atom. The first kappa shape index (κ1) is 12.1. The number of hydrogen-bond acceptors (Lipinski definition) is 2. The molecule has 0 heterocycles. The Hall–Kier alpha value is -0.940. The van der Waals surface area contributed by atoms with Gasteiger partial charge in [0.25, 0.3) is 5.91 Å². The molecule has 1 aromatic rings. The highest BCUT2D eigenvalue weighted by Gasteiger charge is 2.07. The van der Waals surface area contributed by atoms with Gasteiger partial charge in [-0.3, -0.25) is 4.79 Å². The summed E-state index contributed by atoms with van der Waals surface area (Å²) in [5.41, 5.74) is 0.298. The van der Waals surface area contributed by atoms with Crippen molar-refractivity contribution in [2.24, 2.45) is 0 Å². The monoisotopic (exact) mass is 275 g/mol. The van der Waals surface area contributed by atoms with Crippen LogP contribution in [0.5, 0.6) is 0 Å². The predicted molar refractivity (Wildman–Crippen MR) is 58.3 cm³/mol. The summed E-state index contributed by atoms with van der Waals surface area (Å²) in [5, 5.41) is 2.60. The van der Waals surface area contributed by atoms with Gasteiger partial charge in [-0.05, 0) is 34.1 Å². The minimum absolute atomic E-state index is 0.298. The Morgan fingerprint density at radius 2 is 2.33 bits per heavy atom. The molecule has 0 spiro atoms. The normalized spacial score (nSPS) is 10.1. The first-order valence-corrected chi connectivity index (χ1v) is 5.16. The maximum absolute atomic E-state index is 13.1. The van der Waals surface area contributed by atoms with E-state index in [0.717, 1.165) is 0 Å². The number of nitrogens with one attached hydrogen (secondary N) is 1. The molecule has 15 heavy (non-hydrogen) atoms. The van der Waals surface area contributed by atoms with Crippen molar-refractivity contribution in [1.29, 1.82) is 0 Å². The lowest BCUT2D eigenvalue weighted by atomic mass is 10.2. The first-order chi connectivity index (χ1) is 7.15. The summed E-state index contributed by atoms with van der Waals surface area (Å²) in [6, 6.07) is 4.24. The van der Waals surface area contributed by atoms with E-state index >= 15 is 0 Å². The van der Waals surface area contributed by atoms with E-state index < -0.39 is 5.82 Å². The smallest absolute Gasteiger partial charge is 0.251 e. The quantitative estimate of drug-likeness (QED) is 0.854. The number of halogens is 2. The van der Waals surface area contributed by atoms with E-state index in [-0.39, 0.29) is 5.91 Å². The lowest BCUT2D eigenvalue weighted by Gasteiger charge is -2.04. The second-order valence-electron chi connectivity index (χ2n) is 2.88. The van der Waals surface area contributed by atoms with Gasteiger partial charge in [-0.2, -0.15) is 0 Å². The zero-order chi connectivity index (χ0) is 11.3. The Bertz CT molecular complexity index is 357. The van der Waals surface area contributed by atoms with Crippen LogP contribution in [0.25, 0.3) is 0 Å². The van der Waals surface area contributed by atoms with E-state index in [0.29, 0.717) is 23.2 Å². The molecular formula is C10H11BrFNO2. The van der Waals surface area contributed by atoms with Gasteiger partial charge in [0.15, 0.2) is 0 Å². The minimum Gasteiger partial charge on any atom is -0.383 e. The summed E-state index contributed by atoms with van der Waals surface area (Å²) >= 11 is 3.02. The molecule has 0 aliphatic carbocycles. The van der Waals surface area contributed by atoms with Gasteiger partial charge in [0.05, 0.1) is 11.1 Å². The van der Waals surface area contributed by atoms with E-state index in [1.807, 2.05) is 0 Å². The van der Waals surface area contributed by atoms with E-state index in [9.17, 15) is 9.18 Å². The minimum atomic E-state index is -0.450. The molecule has 5 heteroatoms. The van der Waals surface area contributed by atoms with Gasteiger partial charge in [0.2, 0.25) is 0 Å². The van der Waals surface area contributed by atoms with Gasteiger partial charge in [0.1, 0.15) is 5.82 Å². The van der Waals surface area contributed by atoms with Gasteiger partial charge in [-0.15, -0.1) is 0 Å². The standard InChI is InChI=1S/C10H11BrFNO2/c1-15-5-4-13-10(14)7-2-3-8(11)9(12)6-7/h2-3,6H,4-5H2,1H3,(H,13,14). The molecule has 0 radical (unpaired) electrons. The molecule has 1 N–H and O–H groups in total. The van der Waals surface area contributed by atoms with Gasteiger partial charge in [-0.25, -0.2) is 4.39 Å². The maximum Gasteiger partial charge on any atom is 0.251 e. The Kier molecular flexibility index (Phi) is 4.71. The van der Waals surface area contributed by atoms with Crippen LogP contribution in [0, 0.1) is 5.82 Å². The van der Waals surface area contributed by atoms with Crippen molar-refractivity contribution in [1.82, 2.24) is 5.32 Å². The van der Waals surface area contributed by atoms with Gasteiger partial charge in [-0.1, -0.05) is 0 Å². The molecule has 0 atom stereocenters. The lowest BCUT2D eigenvalue weighted by Crippen LogP contribution is -2.26. The van der Waals surface area contributed by atoms with Gasteiger partial charge >= 0.3 is 0 Å². The number of carbonyl (C=O) groups is 1. The Labute approximate surface area is 95.7 Å². The van der Waals surface area contributed by atoms with Crippen molar-refractivity contribution in [3.63, 3.8) is 0 Å². The highest BCUT2D eigenvalue weighted by Crippen LogP contribution is 2.16. The second kappa shape index (κ2) is 5.82. The van der Waals surface area contributed by atoms with Crippen LogP contribution in [-0.4, -0.2) is 26.2 Å². The number of benzene rings is 1. The molecule has 0 aliphatic heterocycles. The lowest BCUT2D eigenvalue weighted by molar-refractivity contribution is 0.0936. The fourth-order valence-corrected chi connectivity index (χ4v) is 1.25. The van der Waals surface area contributed by atoms with Crippen LogP contribution >= 0.6 is 15.9 Å². The van der Waals surface area contributed by atoms with Crippen molar-refractivity contribution in [3.05, 3.63) is 34.1 Å². The third kappa shape index (κ3) is 3.60. The molecular weight excluding hydrogens is 265 g/mol. The molecule has 0 fully saturated rings. The zero-order valence-electron chi connectivity index (χ0n) is 8.22. The number of methoxy groups -OCH3 is 1. The summed E-state index contributed by atoms with van der Waals surface area (Å²) < 4.78 is 18.2. The van der Waals surface area contributed by atoms with Gasteiger partial charge in [0, 0.05) is 19.2 Å². The Balaban J connectivity index is 2.62. The molecule has 0 saturated carbocycles. The average molecular weight is 276 g/mol. The SMILES string of the molecule is COCCNC(=O)c1ccc(Br)c(F)c1. The molecule has 1 amide bonds. The molecule has 1 rings (SSSR count). The van der Waals surface area contributed by atoms with Gasteiger partial charge < -0.3 is 10.1 Å². The van der Waals surface area contributed by atoms with Crippen LogP contribution in [0.15, 0.2) is 22.7 Å². The molecule has 1 aromatic carbocycles. The molecule has 0 unspecified atom stereocenters. The fraction of sp³-hybridized carbons (Fsp3) is 0.300. The van der Waals surface area contributed by atoms with Crippen molar-refractivity contribution in [2.75, 3.05) is 20.3 Å². The number of amides is 1. The van der Waals surface area contributed by atoms with Crippen molar-refractivity contribution in [2.45, 2.75) is 0 Å². The maximum atomic E-state index is 13.1. The number of hydrogen-bond donors (Lipinski definition) is 1.